The lowest BCUT2D eigenvalue weighted by atomic mass is 10.2. The van der Waals surface area contributed by atoms with E-state index < -0.39 is 5.82 Å². The molecule has 0 heterocycles. The molecule has 0 aromatic heterocycles. The molecule has 0 N–H and O–H groups in total. The highest BCUT2D eigenvalue weighted by Gasteiger charge is 2.05. The quantitative estimate of drug-likeness (QED) is 0.774. The van der Waals surface area contributed by atoms with Gasteiger partial charge in [-0.15, -0.1) is 0 Å². The monoisotopic (exact) mass is 260 g/mol. The maximum Gasteiger partial charge on any atom is 0.165 e. The number of aldehydes is 1. The zero-order chi connectivity index (χ0) is 13.7. The summed E-state index contributed by atoms with van der Waals surface area (Å²) >= 11 is 0. The number of carbonyl (C=O) groups excluding carboxylic acids is 1. The van der Waals surface area contributed by atoms with Gasteiger partial charge in [0.1, 0.15) is 18.6 Å². The van der Waals surface area contributed by atoms with Gasteiger partial charge in [0, 0.05) is 5.56 Å². The van der Waals surface area contributed by atoms with Crippen LogP contribution < -0.4 is 9.47 Å². The van der Waals surface area contributed by atoms with E-state index in [4.69, 9.17) is 9.47 Å². The van der Waals surface area contributed by atoms with Gasteiger partial charge in [-0.3, -0.25) is 4.79 Å². The van der Waals surface area contributed by atoms with E-state index in [0.717, 1.165) is 17.4 Å². The molecule has 0 saturated heterocycles. The van der Waals surface area contributed by atoms with Gasteiger partial charge in [-0.1, -0.05) is 12.1 Å². The average Bonchev–Trinajstić information content (AvgIpc) is 2.46. The zero-order valence-electron chi connectivity index (χ0n) is 10.4. The summed E-state index contributed by atoms with van der Waals surface area (Å²) in [7, 11) is 1.58. The maximum atomic E-state index is 13.6. The molecule has 0 aliphatic rings. The van der Waals surface area contributed by atoms with Crippen molar-refractivity contribution in [2.45, 2.75) is 6.61 Å². The van der Waals surface area contributed by atoms with E-state index in [-0.39, 0.29) is 17.9 Å². The van der Waals surface area contributed by atoms with Crippen LogP contribution in [0.25, 0.3) is 0 Å². The Balaban J connectivity index is 2.07. The summed E-state index contributed by atoms with van der Waals surface area (Å²) in [6.45, 7) is 0.231. The predicted molar refractivity (Wildman–Crippen MR) is 69.1 cm³/mol. The van der Waals surface area contributed by atoms with E-state index in [1.165, 1.54) is 12.1 Å². The van der Waals surface area contributed by atoms with Gasteiger partial charge in [0.25, 0.3) is 0 Å². The SMILES string of the molecule is COc1cccc(COc2ccc(C=O)cc2F)c1. The van der Waals surface area contributed by atoms with E-state index in [0.29, 0.717) is 6.29 Å². The first kappa shape index (κ1) is 13.1. The van der Waals surface area contributed by atoms with Crippen molar-refractivity contribution in [3.8, 4) is 11.5 Å². The summed E-state index contributed by atoms with van der Waals surface area (Å²) in [5, 5.41) is 0. The van der Waals surface area contributed by atoms with Crippen molar-refractivity contribution < 1.29 is 18.7 Å². The van der Waals surface area contributed by atoms with Crippen molar-refractivity contribution in [3.05, 3.63) is 59.4 Å². The lowest BCUT2D eigenvalue weighted by Crippen LogP contribution is -1.98. The fourth-order valence-electron chi connectivity index (χ4n) is 1.63. The third-order valence-corrected chi connectivity index (χ3v) is 2.62. The highest BCUT2D eigenvalue weighted by molar-refractivity contribution is 5.74. The molecular formula is C15H13FO3. The molecule has 19 heavy (non-hydrogen) atoms. The molecule has 3 nitrogen and oxygen atoms in total. The smallest absolute Gasteiger partial charge is 0.165 e. The van der Waals surface area contributed by atoms with E-state index in [1.807, 2.05) is 24.3 Å². The predicted octanol–water partition coefficient (Wildman–Crippen LogP) is 3.23. The largest absolute Gasteiger partial charge is 0.497 e. The third-order valence-electron chi connectivity index (χ3n) is 2.62. The number of benzene rings is 2. The topological polar surface area (TPSA) is 35.5 Å². The standard InChI is InChI=1S/C15H13FO3/c1-18-13-4-2-3-12(7-13)10-19-15-6-5-11(9-17)8-14(15)16/h2-9H,10H2,1H3. The third kappa shape index (κ3) is 3.31. The van der Waals surface area contributed by atoms with Crippen LogP contribution in [0.4, 0.5) is 4.39 Å². The van der Waals surface area contributed by atoms with Crippen LogP contribution in [-0.4, -0.2) is 13.4 Å². The summed E-state index contributed by atoms with van der Waals surface area (Å²) < 4.78 is 24.0. The van der Waals surface area contributed by atoms with Crippen molar-refractivity contribution in [1.82, 2.24) is 0 Å². The molecule has 2 aromatic rings. The summed E-state index contributed by atoms with van der Waals surface area (Å²) in [6, 6.07) is 11.4. The second-order valence-corrected chi connectivity index (χ2v) is 3.95. The van der Waals surface area contributed by atoms with E-state index in [2.05, 4.69) is 0 Å². The Bertz CT molecular complexity index is 581. The maximum absolute atomic E-state index is 13.6. The number of ether oxygens (including phenoxy) is 2. The van der Waals surface area contributed by atoms with Crippen LogP contribution in [-0.2, 0) is 6.61 Å². The molecule has 0 bridgehead atoms. The fourth-order valence-corrected chi connectivity index (χ4v) is 1.63. The van der Waals surface area contributed by atoms with Gasteiger partial charge >= 0.3 is 0 Å². The van der Waals surface area contributed by atoms with Gasteiger partial charge < -0.3 is 9.47 Å². The van der Waals surface area contributed by atoms with Gasteiger partial charge in [0.2, 0.25) is 0 Å². The highest BCUT2D eigenvalue weighted by atomic mass is 19.1. The van der Waals surface area contributed by atoms with Gasteiger partial charge in [-0.25, -0.2) is 4.39 Å². The molecule has 0 radical (unpaired) electrons. The minimum Gasteiger partial charge on any atom is -0.497 e. The molecule has 0 unspecified atom stereocenters. The molecule has 0 aliphatic heterocycles. The number of methoxy groups -OCH3 is 1. The summed E-state index contributed by atoms with van der Waals surface area (Å²) in [5.41, 5.74) is 1.16. The molecule has 4 heteroatoms. The van der Waals surface area contributed by atoms with Crippen LogP contribution >= 0.6 is 0 Å². The molecule has 2 aromatic carbocycles. The molecule has 0 fully saturated rings. The number of carbonyl (C=O) groups is 1. The van der Waals surface area contributed by atoms with Gasteiger partial charge in [-0.2, -0.15) is 0 Å². The van der Waals surface area contributed by atoms with Crippen LogP contribution in [0.2, 0.25) is 0 Å². The molecular weight excluding hydrogens is 247 g/mol. The fraction of sp³-hybridized carbons (Fsp3) is 0.133. The molecule has 0 aliphatic carbocycles. The van der Waals surface area contributed by atoms with Crippen molar-refractivity contribution in [2.24, 2.45) is 0 Å². The highest BCUT2D eigenvalue weighted by Crippen LogP contribution is 2.20. The van der Waals surface area contributed by atoms with Crippen molar-refractivity contribution in [3.63, 3.8) is 0 Å². The Labute approximate surface area is 110 Å². The van der Waals surface area contributed by atoms with Crippen LogP contribution in [0.5, 0.6) is 11.5 Å². The number of hydrogen-bond acceptors (Lipinski definition) is 3. The summed E-state index contributed by atoms with van der Waals surface area (Å²) in [6.07, 6.45) is 0.592. The number of halogens is 1. The van der Waals surface area contributed by atoms with E-state index >= 15 is 0 Å². The van der Waals surface area contributed by atoms with Crippen molar-refractivity contribution in [2.75, 3.05) is 7.11 Å². The Kier molecular flexibility index (Phi) is 4.13. The molecule has 0 spiro atoms. The Morgan fingerprint density at radius 2 is 2.05 bits per heavy atom. The first-order valence-corrected chi connectivity index (χ1v) is 5.73. The lowest BCUT2D eigenvalue weighted by Gasteiger charge is -2.08. The number of hydrogen-bond donors (Lipinski definition) is 0. The molecule has 98 valence electrons. The minimum absolute atomic E-state index is 0.119. The lowest BCUT2D eigenvalue weighted by molar-refractivity contribution is 0.112. The summed E-state index contributed by atoms with van der Waals surface area (Å²) in [4.78, 5) is 10.5. The van der Waals surface area contributed by atoms with Crippen molar-refractivity contribution >= 4 is 6.29 Å². The Morgan fingerprint density at radius 1 is 1.21 bits per heavy atom. The van der Waals surface area contributed by atoms with Crippen LogP contribution in [0.15, 0.2) is 42.5 Å². The van der Waals surface area contributed by atoms with Crippen LogP contribution in [0.3, 0.4) is 0 Å². The second kappa shape index (κ2) is 6.00. The first-order chi connectivity index (χ1) is 9.22. The molecule has 0 amide bonds. The van der Waals surface area contributed by atoms with Crippen LogP contribution in [0.1, 0.15) is 15.9 Å². The van der Waals surface area contributed by atoms with E-state index in [1.54, 1.807) is 7.11 Å². The Hall–Kier alpha value is -2.36. The molecule has 0 atom stereocenters. The van der Waals surface area contributed by atoms with Crippen LogP contribution in [0, 0.1) is 5.82 Å². The molecule has 0 saturated carbocycles. The van der Waals surface area contributed by atoms with E-state index in [9.17, 15) is 9.18 Å². The number of rotatable bonds is 5. The minimum atomic E-state index is -0.549. The average molecular weight is 260 g/mol. The normalized spacial score (nSPS) is 10.0. The van der Waals surface area contributed by atoms with Gasteiger partial charge in [-0.05, 0) is 35.9 Å². The zero-order valence-corrected chi connectivity index (χ0v) is 10.4. The Morgan fingerprint density at radius 3 is 2.74 bits per heavy atom. The van der Waals surface area contributed by atoms with Gasteiger partial charge in [0.15, 0.2) is 11.6 Å². The van der Waals surface area contributed by atoms with Crippen molar-refractivity contribution in [1.29, 1.82) is 0 Å². The van der Waals surface area contributed by atoms with Gasteiger partial charge in [0.05, 0.1) is 7.11 Å². The first-order valence-electron chi connectivity index (χ1n) is 5.73. The second-order valence-electron chi connectivity index (χ2n) is 3.95. The summed E-state index contributed by atoms with van der Waals surface area (Å²) in [5.74, 6) is 0.291. The molecule has 2 rings (SSSR count).